The summed E-state index contributed by atoms with van der Waals surface area (Å²) in [6.45, 7) is 21.0. The van der Waals surface area contributed by atoms with Gasteiger partial charge in [0.1, 0.15) is 11.4 Å². The molecule has 0 radical (unpaired) electrons. The molecule has 1 aliphatic heterocycles. The second-order valence-corrected chi connectivity index (χ2v) is 20.5. The number of nitrogens with zero attached hydrogens (tertiary/aromatic N) is 2. The number of pyridine rings is 1. The summed E-state index contributed by atoms with van der Waals surface area (Å²) in [5.74, 6) is -0.205. The number of nitrogens with one attached hydrogen (secondary N) is 1. The molecule has 2 N–H and O–H groups in total. The van der Waals surface area contributed by atoms with Crippen molar-refractivity contribution in [3.05, 3.63) is 95.2 Å². The summed E-state index contributed by atoms with van der Waals surface area (Å²) in [4.78, 5) is 32.2. The van der Waals surface area contributed by atoms with Crippen molar-refractivity contribution in [1.29, 1.82) is 0 Å². The second kappa shape index (κ2) is 13.8. The smallest absolute Gasteiger partial charge is 0.410 e. The van der Waals surface area contributed by atoms with Crippen LogP contribution in [0.5, 0.6) is 0 Å². The predicted molar refractivity (Wildman–Crippen MR) is 190 cm³/mol. The zero-order valence-corrected chi connectivity index (χ0v) is 30.8. The Morgan fingerprint density at radius 1 is 0.936 bits per heavy atom. The zero-order chi connectivity index (χ0) is 34.8. The van der Waals surface area contributed by atoms with E-state index in [1.54, 1.807) is 12.1 Å². The minimum absolute atomic E-state index is 0.0550. The van der Waals surface area contributed by atoms with Crippen LogP contribution in [-0.4, -0.2) is 53.1 Å². The van der Waals surface area contributed by atoms with E-state index in [-0.39, 0.29) is 34.3 Å². The van der Waals surface area contributed by atoms with Gasteiger partial charge in [0, 0.05) is 17.8 Å². The lowest BCUT2D eigenvalue weighted by Crippen LogP contribution is -2.50. The number of carbonyl (C=O) groups excluding carboxylic acids is 1. The van der Waals surface area contributed by atoms with Gasteiger partial charge in [-0.3, -0.25) is 4.90 Å². The molecule has 1 unspecified atom stereocenters. The average molecular weight is 660 g/mol. The van der Waals surface area contributed by atoms with Gasteiger partial charge in [-0.2, -0.15) is 0 Å². The van der Waals surface area contributed by atoms with Crippen LogP contribution >= 0.6 is 0 Å². The SMILES string of the molecule is CC(C)(C)OC(=O)N1[C@H](Cc2ccc(C(=O)O)cc2)CC[C@@H]1C(O[Si](C)(C)C(C)(C)C)c1ccc(NC(C)(C)c2ccccc2)nc1. The van der Waals surface area contributed by atoms with Gasteiger partial charge in [-0.15, -0.1) is 0 Å². The number of aromatic nitrogens is 1. The quantitative estimate of drug-likeness (QED) is 0.209. The number of hydrogen-bond acceptors (Lipinski definition) is 6. The van der Waals surface area contributed by atoms with Crippen LogP contribution in [0.2, 0.25) is 18.1 Å². The molecule has 8 nitrogen and oxygen atoms in total. The number of benzene rings is 2. The van der Waals surface area contributed by atoms with Crippen molar-refractivity contribution in [3.63, 3.8) is 0 Å². The number of carbonyl (C=O) groups is 2. The first-order valence-electron chi connectivity index (χ1n) is 16.6. The van der Waals surface area contributed by atoms with Crippen molar-refractivity contribution in [1.82, 2.24) is 9.88 Å². The van der Waals surface area contributed by atoms with Crippen LogP contribution in [0.4, 0.5) is 10.6 Å². The number of aromatic carboxylic acids is 1. The monoisotopic (exact) mass is 659 g/mol. The summed E-state index contributed by atoms with van der Waals surface area (Å²) in [5.41, 5.74) is 2.28. The molecule has 1 fully saturated rings. The maximum Gasteiger partial charge on any atom is 0.410 e. The Morgan fingerprint density at radius 2 is 1.57 bits per heavy atom. The van der Waals surface area contributed by atoms with E-state index >= 15 is 0 Å². The van der Waals surface area contributed by atoms with E-state index in [0.717, 1.165) is 35.3 Å². The molecule has 4 rings (SSSR count). The molecule has 0 aliphatic carbocycles. The molecule has 0 bridgehead atoms. The Kier molecular flexibility index (Phi) is 10.6. The first-order chi connectivity index (χ1) is 21.8. The van der Waals surface area contributed by atoms with Crippen molar-refractivity contribution in [2.45, 2.75) is 122 Å². The van der Waals surface area contributed by atoms with E-state index in [1.165, 1.54) is 0 Å². The number of anilines is 1. The predicted octanol–water partition coefficient (Wildman–Crippen LogP) is 9.20. The molecule has 2 heterocycles. The average Bonchev–Trinajstić information content (AvgIpc) is 3.39. The lowest BCUT2D eigenvalue weighted by molar-refractivity contribution is -0.00244. The molecule has 1 amide bonds. The van der Waals surface area contributed by atoms with E-state index < -0.39 is 26.0 Å². The number of carboxylic acids is 1. The number of likely N-dealkylation sites (tertiary alicyclic amines) is 1. The van der Waals surface area contributed by atoms with E-state index in [2.05, 4.69) is 71.2 Å². The number of ether oxygens (including phenoxy) is 1. The van der Waals surface area contributed by atoms with Crippen molar-refractivity contribution in [2.24, 2.45) is 0 Å². The van der Waals surface area contributed by atoms with Crippen molar-refractivity contribution < 1.29 is 23.9 Å². The molecule has 254 valence electrons. The number of carboxylic acid groups (broad SMARTS) is 1. The highest BCUT2D eigenvalue weighted by Gasteiger charge is 2.48. The maximum absolute atomic E-state index is 14.0. The van der Waals surface area contributed by atoms with Crippen LogP contribution in [0.1, 0.15) is 101 Å². The van der Waals surface area contributed by atoms with Gasteiger partial charge < -0.3 is 19.6 Å². The fraction of sp³-hybridized carbons (Fsp3) is 0.500. The summed E-state index contributed by atoms with van der Waals surface area (Å²) in [6, 6.07) is 20.8. The van der Waals surface area contributed by atoms with Crippen LogP contribution in [0.15, 0.2) is 72.9 Å². The Bertz CT molecular complexity index is 1510. The Morgan fingerprint density at radius 3 is 2.11 bits per heavy atom. The minimum Gasteiger partial charge on any atom is -0.478 e. The minimum atomic E-state index is -2.32. The van der Waals surface area contributed by atoms with E-state index in [0.29, 0.717) is 6.42 Å². The van der Waals surface area contributed by atoms with Crippen LogP contribution in [0.25, 0.3) is 0 Å². The second-order valence-electron chi connectivity index (χ2n) is 15.8. The third-order valence-electron chi connectivity index (χ3n) is 9.45. The highest BCUT2D eigenvalue weighted by molar-refractivity contribution is 6.74. The molecule has 9 heteroatoms. The van der Waals surface area contributed by atoms with Crippen LogP contribution in [0.3, 0.4) is 0 Å². The van der Waals surface area contributed by atoms with E-state index in [9.17, 15) is 14.7 Å². The standard InChI is InChI=1S/C38H53N3O5Si/c1-36(2,3)45-35(44)41-30(24-26-16-18-27(19-17-26)34(42)43)21-22-31(41)33(46-47(9,10)37(4,5)6)28-20-23-32(39-25-28)40-38(7,8)29-14-12-11-13-15-29/h11-20,23,25,30-31,33H,21-22,24H2,1-10H3,(H,39,40)(H,42,43)/t30-,31+,33?/m0/s1. The van der Waals surface area contributed by atoms with Crippen molar-refractivity contribution in [3.8, 4) is 0 Å². The van der Waals surface area contributed by atoms with Gasteiger partial charge in [-0.25, -0.2) is 14.6 Å². The maximum atomic E-state index is 14.0. The first-order valence-corrected chi connectivity index (χ1v) is 19.5. The van der Waals surface area contributed by atoms with Crippen molar-refractivity contribution >= 4 is 26.2 Å². The van der Waals surface area contributed by atoms with Gasteiger partial charge in [0.25, 0.3) is 0 Å². The van der Waals surface area contributed by atoms with E-state index in [1.807, 2.05) is 68.3 Å². The molecule has 3 aromatic rings. The Labute approximate surface area is 282 Å². The Hall–Kier alpha value is -3.69. The molecule has 0 spiro atoms. The van der Waals surface area contributed by atoms with Crippen molar-refractivity contribution in [2.75, 3.05) is 5.32 Å². The summed E-state index contributed by atoms with van der Waals surface area (Å²) < 4.78 is 13.2. The third-order valence-corrected chi connectivity index (χ3v) is 13.9. The van der Waals surface area contributed by atoms with Crippen LogP contribution < -0.4 is 5.32 Å². The lowest BCUT2D eigenvalue weighted by atomic mass is 9.94. The molecular formula is C38H53N3O5Si. The fourth-order valence-electron chi connectivity index (χ4n) is 5.82. The van der Waals surface area contributed by atoms with Gasteiger partial charge in [0.15, 0.2) is 8.32 Å². The Balaban J connectivity index is 1.70. The van der Waals surface area contributed by atoms with Gasteiger partial charge in [-0.05, 0) is 101 Å². The van der Waals surface area contributed by atoms with Crippen LogP contribution in [-0.2, 0) is 21.1 Å². The largest absolute Gasteiger partial charge is 0.478 e. The van der Waals surface area contributed by atoms with Gasteiger partial charge in [-0.1, -0.05) is 69.3 Å². The topological polar surface area (TPSA) is 101 Å². The normalized spacial score (nSPS) is 18.1. The van der Waals surface area contributed by atoms with E-state index in [4.69, 9.17) is 14.1 Å². The molecule has 1 aliphatic rings. The molecule has 1 aromatic heterocycles. The molecule has 47 heavy (non-hydrogen) atoms. The summed E-state index contributed by atoms with van der Waals surface area (Å²) in [5, 5.41) is 12.9. The highest BCUT2D eigenvalue weighted by atomic mass is 28.4. The summed E-state index contributed by atoms with van der Waals surface area (Å²) in [7, 11) is -2.32. The summed E-state index contributed by atoms with van der Waals surface area (Å²) >= 11 is 0. The number of amides is 1. The zero-order valence-electron chi connectivity index (χ0n) is 29.8. The highest BCUT2D eigenvalue weighted by Crippen LogP contribution is 2.44. The van der Waals surface area contributed by atoms with Gasteiger partial charge in [0.2, 0.25) is 0 Å². The van der Waals surface area contributed by atoms with Crippen LogP contribution in [0, 0.1) is 0 Å². The first kappa shape index (κ1) is 36.1. The molecular weight excluding hydrogens is 607 g/mol. The summed E-state index contributed by atoms with van der Waals surface area (Å²) in [6.07, 6.45) is 3.18. The lowest BCUT2D eigenvalue weighted by Gasteiger charge is -2.43. The van der Waals surface area contributed by atoms with Gasteiger partial charge in [0.05, 0.1) is 23.2 Å². The number of hydrogen-bond donors (Lipinski definition) is 2. The fourth-order valence-corrected chi connectivity index (χ4v) is 7.10. The third kappa shape index (κ3) is 9.02. The molecule has 1 saturated heterocycles. The molecule has 2 aromatic carbocycles. The van der Waals surface area contributed by atoms with Gasteiger partial charge >= 0.3 is 12.1 Å². The molecule has 3 atom stereocenters. The number of rotatable bonds is 10. The molecule has 0 saturated carbocycles.